The maximum atomic E-state index is 9.40. The van der Waals surface area contributed by atoms with Crippen molar-refractivity contribution in [2.45, 2.75) is 6.42 Å². The van der Waals surface area contributed by atoms with Gasteiger partial charge in [-0.2, -0.15) is 5.26 Å². The summed E-state index contributed by atoms with van der Waals surface area (Å²) in [7, 11) is 1.62. The number of nitriles is 1. The van der Waals surface area contributed by atoms with Crippen LogP contribution in [0.25, 0.3) is 5.69 Å². The van der Waals surface area contributed by atoms with Crippen LogP contribution in [-0.2, 0) is 6.42 Å². The van der Waals surface area contributed by atoms with Crippen LogP contribution in [0.5, 0.6) is 11.5 Å². The molecule has 0 amide bonds. The molecule has 114 valence electrons. The molecule has 6 nitrogen and oxygen atoms in total. The number of phenols is 1. The highest BCUT2D eigenvalue weighted by atomic mass is 16.5. The normalized spacial score (nSPS) is 10.3. The lowest BCUT2D eigenvalue weighted by Gasteiger charge is -2.07. The summed E-state index contributed by atoms with van der Waals surface area (Å²) in [4.78, 5) is 0. The first kappa shape index (κ1) is 14.6. The molecule has 0 bridgehead atoms. The Kier molecular flexibility index (Phi) is 3.93. The third-order valence-corrected chi connectivity index (χ3v) is 3.49. The summed E-state index contributed by atoms with van der Waals surface area (Å²) in [6, 6.07) is 16.3. The number of aromatic nitrogens is 3. The predicted molar refractivity (Wildman–Crippen MR) is 83.5 cm³/mol. The standard InChI is InChI=1S/C17H14N4O2/c1-23-15-8-2-12(3-9-15)10-17-16(11-18)19-20-21(17)13-4-6-14(22)7-5-13/h2-9,22H,10H2,1H3. The highest BCUT2D eigenvalue weighted by molar-refractivity contribution is 5.41. The highest BCUT2D eigenvalue weighted by Crippen LogP contribution is 2.20. The third-order valence-electron chi connectivity index (χ3n) is 3.49. The van der Waals surface area contributed by atoms with Gasteiger partial charge in [-0.3, -0.25) is 0 Å². The average molecular weight is 306 g/mol. The van der Waals surface area contributed by atoms with Crippen molar-refractivity contribution in [3.8, 4) is 23.3 Å². The van der Waals surface area contributed by atoms with E-state index < -0.39 is 0 Å². The second kappa shape index (κ2) is 6.20. The summed E-state index contributed by atoms with van der Waals surface area (Å²) in [5.41, 5.74) is 2.74. The minimum absolute atomic E-state index is 0.172. The molecule has 1 N–H and O–H groups in total. The molecular weight excluding hydrogens is 292 g/mol. The van der Waals surface area contributed by atoms with Crippen LogP contribution < -0.4 is 4.74 Å². The Morgan fingerprint density at radius 3 is 2.43 bits per heavy atom. The molecule has 0 aliphatic rings. The smallest absolute Gasteiger partial charge is 0.186 e. The second-order valence-corrected chi connectivity index (χ2v) is 4.95. The summed E-state index contributed by atoms with van der Waals surface area (Å²) >= 11 is 0. The maximum Gasteiger partial charge on any atom is 0.186 e. The molecule has 3 rings (SSSR count). The fraction of sp³-hybridized carbons (Fsp3) is 0.118. The van der Waals surface area contributed by atoms with E-state index >= 15 is 0 Å². The summed E-state index contributed by atoms with van der Waals surface area (Å²) in [5.74, 6) is 0.950. The Bertz CT molecular complexity index is 846. The van der Waals surface area contributed by atoms with Gasteiger partial charge < -0.3 is 9.84 Å². The lowest BCUT2D eigenvalue weighted by atomic mass is 10.1. The first-order chi connectivity index (χ1) is 11.2. The molecule has 0 atom stereocenters. The summed E-state index contributed by atoms with van der Waals surface area (Å²) in [6.07, 6.45) is 0.515. The van der Waals surface area contributed by atoms with Gasteiger partial charge in [-0.05, 0) is 42.0 Å². The lowest BCUT2D eigenvalue weighted by molar-refractivity contribution is 0.414. The van der Waals surface area contributed by atoms with Crippen molar-refractivity contribution >= 4 is 0 Å². The molecule has 1 heterocycles. The predicted octanol–water partition coefficient (Wildman–Crippen LogP) is 2.44. The number of benzene rings is 2. The quantitative estimate of drug-likeness (QED) is 0.800. The maximum absolute atomic E-state index is 9.40. The van der Waals surface area contributed by atoms with Crippen LogP contribution in [0.3, 0.4) is 0 Å². The van der Waals surface area contributed by atoms with Crippen LogP contribution in [0.15, 0.2) is 48.5 Å². The van der Waals surface area contributed by atoms with Gasteiger partial charge in [0, 0.05) is 6.42 Å². The molecule has 0 saturated carbocycles. The van der Waals surface area contributed by atoms with Crippen LogP contribution in [0, 0.1) is 11.3 Å². The van der Waals surface area contributed by atoms with Crippen molar-refractivity contribution in [3.05, 3.63) is 65.5 Å². The van der Waals surface area contributed by atoms with E-state index in [1.54, 1.807) is 36.1 Å². The Balaban J connectivity index is 1.98. The molecule has 0 aliphatic carbocycles. The Morgan fingerprint density at radius 1 is 1.13 bits per heavy atom. The van der Waals surface area contributed by atoms with Gasteiger partial charge >= 0.3 is 0 Å². The van der Waals surface area contributed by atoms with E-state index in [1.165, 1.54) is 0 Å². The van der Waals surface area contributed by atoms with Gasteiger partial charge in [0.15, 0.2) is 5.69 Å². The molecule has 0 saturated heterocycles. The summed E-state index contributed by atoms with van der Waals surface area (Å²) in [6.45, 7) is 0. The summed E-state index contributed by atoms with van der Waals surface area (Å²) in [5, 5.41) is 26.6. The van der Waals surface area contributed by atoms with Crippen LogP contribution in [0.2, 0.25) is 0 Å². The van der Waals surface area contributed by atoms with Crippen molar-refractivity contribution in [1.29, 1.82) is 5.26 Å². The molecule has 0 fully saturated rings. The fourth-order valence-electron chi connectivity index (χ4n) is 2.28. The highest BCUT2D eigenvalue weighted by Gasteiger charge is 2.14. The van der Waals surface area contributed by atoms with E-state index in [2.05, 4.69) is 16.4 Å². The average Bonchev–Trinajstić information content (AvgIpc) is 2.99. The van der Waals surface area contributed by atoms with Gasteiger partial charge in [-0.1, -0.05) is 17.3 Å². The number of ether oxygens (including phenoxy) is 1. The third kappa shape index (κ3) is 2.99. The number of phenolic OH excluding ortho intramolecular Hbond substituents is 1. The number of methoxy groups -OCH3 is 1. The van der Waals surface area contributed by atoms with Gasteiger partial charge in [0.25, 0.3) is 0 Å². The minimum Gasteiger partial charge on any atom is -0.508 e. The monoisotopic (exact) mass is 306 g/mol. The van der Waals surface area contributed by atoms with Gasteiger partial charge in [0.05, 0.1) is 18.5 Å². The van der Waals surface area contributed by atoms with E-state index in [4.69, 9.17) is 4.74 Å². The molecule has 6 heteroatoms. The van der Waals surface area contributed by atoms with Crippen molar-refractivity contribution in [3.63, 3.8) is 0 Å². The number of hydrogen-bond donors (Lipinski definition) is 1. The van der Waals surface area contributed by atoms with Gasteiger partial charge in [-0.25, -0.2) is 4.68 Å². The van der Waals surface area contributed by atoms with Crippen LogP contribution in [0.4, 0.5) is 0 Å². The van der Waals surface area contributed by atoms with E-state index in [0.717, 1.165) is 17.0 Å². The minimum atomic E-state index is 0.172. The Hall–Kier alpha value is -3.33. The number of nitrogens with zero attached hydrogens (tertiary/aromatic N) is 4. The van der Waals surface area contributed by atoms with E-state index in [9.17, 15) is 10.4 Å². The van der Waals surface area contributed by atoms with E-state index in [-0.39, 0.29) is 11.4 Å². The molecule has 3 aromatic rings. The second-order valence-electron chi connectivity index (χ2n) is 4.95. The zero-order valence-corrected chi connectivity index (χ0v) is 12.5. The molecule has 0 radical (unpaired) electrons. The van der Waals surface area contributed by atoms with Crippen LogP contribution in [-0.4, -0.2) is 27.2 Å². The van der Waals surface area contributed by atoms with Crippen LogP contribution >= 0.6 is 0 Å². The van der Waals surface area contributed by atoms with Crippen LogP contribution in [0.1, 0.15) is 17.0 Å². The van der Waals surface area contributed by atoms with Crippen molar-refractivity contribution in [1.82, 2.24) is 15.0 Å². The number of rotatable bonds is 4. The first-order valence-corrected chi connectivity index (χ1v) is 6.98. The molecule has 2 aromatic carbocycles. The first-order valence-electron chi connectivity index (χ1n) is 6.98. The molecule has 0 aliphatic heterocycles. The van der Waals surface area contributed by atoms with Gasteiger partial charge in [-0.15, -0.1) is 5.10 Å². The zero-order chi connectivity index (χ0) is 16.2. The zero-order valence-electron chi connectivity index (χ0n) is 12.5. The topological polar surface area (TPSA) is 84.0 Å². The van der Waals surface area contributed by atoms with Gasteiger partial charge in [0.1, 0.15) is 17.6 Å². The van der Waals surface area contributed by atoms with E-state index in [0.29, 0.717) is 12.1 Å². The molecule has 0 unspecified atom stereocenters. The number of hydrogen-bond acceptors (Lipinski definition) is 5. The molecule has 23 heavy (non-hydrogen) atoms. The Morgan fingerprint density at radius 2 is 1.83 bits per heavy atom. The largest absolute Gasteiger partial charge is 0.508 e. The molecule has 1 aromatic heterocycles. The van der Waals surface area contributed by atoms with E-state index in [1.807, 2.05) is 24.3 Å². The number of aromatic hydroxyl groups is 1. The van der Waals surface area contributed by atoms with Crippen molar-refractivity contribution in [2.75, 3.05) is 7.11 Å². The summed E-state index contributed by atoms with van der Waals surface area (Å²) < 4.78 is 6.76. The van der Waals surface area contributed by atoms with Crippen molar-refractivity contribution in [2.24, 2.45) is 0 Å². The lowest BCUT2D eigenvalue weighted by Crippen LogP contribution is -2.04. The van der Waals surface area contributed by atoms with Gasteiger partial charge in [0.2, 0.25) is 0 Å². The molecular formula is C17H14N4O2. The Labute approximate surface area is 133 Å². The fourth-order valence-corrected chi connectivity index (χ4v) is 2.28. The van der Waals surface area contributed by atoms with Crippen molar-refractivity contribution < 1.29 is 9.84 Å². The SMILES string of the molecule is COc1ccc(Cc2c(C#N)nnn2-c2ccc(O)cc2)cc1. The molecule has 0 spiro atoms.